The Balaban J connectivity index is 3.03. The molecule has 8 heavy (non-hydrogen) atoms. The SMILES string of the molecule is [S]c1cnc(Br)cn1. The van der Waals surface area contributed by atoms with Crippen molar-refractivity contribution in [1.82, 2.24) is 9.97 Å². The van der Waals surface area contributed by atoms with Gasteiger partial charge < -0.3 is 0 Å². The van der Waals surface area contributed by atoms with Crippen LogP contribution in [0.4, 0.5) is 0 Å². The van der Waals surface area contributed by atoms with E-state index in [9.17, 15) is 0 Å². The van der Waals surface area contributed by atoms with Crippen molar-refractivity contribution in [1.29, 1.82) is 0 Å². The predicted octanol–water partition coefficient (Wildman–Crippen LogP) is 1.80. The predicted molar refractivity (Wildman–Crippen MR) is 35.6 cm³/mol. The smallest absolute Gasteiger partial charge is 0.144 e. The summed E-state index contributed by atoms with van der Waals surface area (Å²) >= 11 is 7.80. The number of nitrogens with zero attached hydrogens (tertiary/aromatic N) is 2. The van der Waals surface area contributed by atoms with Crippen LogP contribution in [0.25, 0.3) is 0 Å². The molecule has 0 aliphatic carbocycles. The number of hydrogen-bond donors (Lipinski definition) is 0. The standard InChI is InChI=1S/C4H2BrN2S/c5-3-1-7-4(8)2-6-3/h1-2H. The van der Waals surface area contributed by atoms with Crippen LogP contribution >= 0.6 is 28.6 Å². The van der Waals surface area contributed by atoms with Gasteiger partial charge in [0.1, 0.15) is 9.63 Å². The highest BCUT2D eigenvalue weighted by atomic mass is 79.9. The third-order valence-electron chi connectivity index (χ3n) is 0.597. The van der Waals surface area contributed by atoms with Crippen LogP contribution in [-0.2, 0) is 0 Å². The van der Waals surface area contributed by atoms with E-state index in [2.05, 4.69) is 38.5 Å². The Morgan fingerprint density at radius 2 is 2.12 bits per heavy atom. The molecule has 0 unspecified atom stereocenters. The highest BCUT2D eigenvalue weighted by molar-refractivity contribution is 9.10. The van der Waals surface area contributed by atoms with Gasteiger partial charge in [-0.3, -0.25) is 0 Å². The van der Waals surface area contributed by atoms with Gasteiger partial charge in [-0.2, -0.15) is 0 Å². The lowest BCUT2D eigenvalue weighted by molar-refractivity contribution is 1.04. The summed E-state index contributed by atoms with van der Waals surface area (Å²) in [4.78, 5) is 7.61. The molecule has 1 radical (unpaired) electrons. The molecule has 1 aromatic heterocycles. The van der Waals surface area contributed by atoms with Gasteiger partial charge in [-0.1, -0.05) is 12.6 Å². The van der Waals surface area contributed by atoms with E-state index in [0.717, 1.165) is 0 Å². The van der Waals surface area contributed by atoms with Crippen molar-refractivity contribution in [2.75, 3.05) is 0 Å². The third kappa shape index (κ3) is 1.38. The highest BCUT2D eigenvalue weighted by Gasteiger charge is 1.86. The van der Waals surface area contributed by atoms with Crippen LogP contribution in [0.2, 0.25) is 0 Å². The number of rotatable bonds is 0. The molecule has 1 rings (SSSR count). The van der Waals surface area contributed by atoms with Crippen LogP contribution in [0.3, 0.4) is 0 Å². The molecule has 0 N–H and O–H groups in total. The zero-order valence-corrected chi connectivity index (χ0v) is 6.24. The van der Waals surface area contributed by atoms with Crippen molar-refractivity contribution in [3.05, 3.63) is 17.0 Å². The minimum absolute atomic E-state index is 0.521. The summed E-state index contributed by atoms with van der Waals surface area (Å²) in [7, 11) is 0. The molecule has 0 aliphatic heterocycles. The van der Waals surface area contributed by atoms with E-state index >= 15 is 0 Å². The van der Waals surface area contributed by atoms with Crippen LogP contribution in [0.1, 0.15) is 0 Å². The van der Waals surface area contributed by atoms with Crippen molar-refractivity contribution in [3.63, 3.8) is 0 Å². The Morgan fingerprint density at radius 3 is 2.50 bits per heavy atom. The van der Waals surface area contributed by atoms with E-state index < -0.39 is 0 Å². The minimum Gasteiger partial charge on any atom is -0.245 e. The average molecular weight is 190 g/mol. The third-order valence-corrected chi connectivity index (χ3v) is 1.22. The monoisotopic (exact) mass is 189 g/mol. The molecule has 0 bridgehead atoms. The van der Waals surface area contributed by atoms with Gasteiger partial charge in [-0.05, 0) is 15.9 Å². The topological polar surface area (TPSA) is 25.8 Å². The molecule has 0 saturated carbocycles. The second kappa shape index (κ2) is 2.37. The molecule has 0 aromatic carbocycles. The molecule has 0 spiro atoms. The van der Waals surface area contributed by atoms with Crippen molar-refractivity contribution in [2.45, 2.75) is 5.03 Å². The quantitative estimate of drug-likeness (QED) is 0.623. The number of hydrogen-bond acceptors (Lipinski definition) is 2. The van der Waals surface area contributed by atoms with E-state index in [1.807, 2.05) is 0 Å². The van der Waals surface area contributed by atoms with Crippen LogP contribution in [0.15, 0.2) is 22.0 Å². The molecule has 0 atom stereocenters. The molecule has 1 aromatic rings. The first-order valence-electron chi connectivity index (χ1n) is 1.93. The summed E-state index contributed by atoms with van der Waals surface area (Å²) in [6.07, 6.45) is 3.10. The molecule has 2 nitrogen and oxygen atoms in total. The molecule has 4 heteroatoms. The van der Waals surface area contributed by atoms with E-state index in [0.29, 0.717) is 9.63 Å². The van der Waals surface area contributed by atoms with E-state index in [1.54, 1.807) is 6.20 Å². The molecule has 0 amide bonds. The minimum atomic E-state index is 0.521. The molecule has 0 aliphatic rings. The van der Waals surface area contributed by atoms with Gasteiger partial charge in [0.25, 0.3) is 0 Å². The molecule has 1 heterocycles. The van der Waals surface area contributed by atoms with Gasteiger partial charge in [-0.25, -0.2) is 9.97 Å². The number of halogens is 1. The summed E-state index contributed by atoms with van der Waals surface area (Å²) in [5.74, 6) is 0. The maximum atomic E-state index is 4.68. The Bertz CT molecular complexity index is 153. The van der Waals surface area contributed by atoms with E-state index in [4.69, 9.17) is 0 Å². The van der Waals surface area contributed by atoms with Crippen LogP contribution < -0.4 is 0 Å². The summed E-state index contributed by atoms with van der Waals surface area (Å²) < 4.78 is 0.714. The lowest BCUT2D eigenvalue weighted by Crippen LogP contribution is -1.77. The fraction of sp³-hybridized carbons (Fsp3) is 0. The van der Waals surface area contributed by atoms with Crippen molar-refractivity contribution < 1.29 is 0 Å². The Labute approximate surface area is 60.9 Å². The normalized spacial score (nSPS) is 9.12. The fourth-order valence-corrected chi connectivity index (χ4v) is 0.611. The van der Waals surface area contributed by atoms with Crippen molar-refractivity contribution >= 4 is 28.6 Å². The summed E-state index contributed by atoms with van der Waals surface area (Å²) in [5.41, 5.74) is 0. The lowest BCUT2D eigenvalue weighted by Gasteiger charge is -1.85. The maximum Gasteiger partial charge on any atom is 0.144 e. The van der Waals surface area contributed by atoms with Gasteiger partial charge in [0.05, 0.1) is 12.4 Å². The van der Waals surface area contributed by atoms with Gasteiger partial charge in [0.2, 0.25) is 0 Å². The lowest BCUT2D eigenvalue weighted by atomic mass is 10.8. The summed E-state index contributed by atoms with van der Waals surface area (Å²) in [6.45, 7) is 0. The van der Waals surface area contributed by atoms with Crippen LogP contribution in [0, 0.1) is 0 Å². The molecular formula is C4H2BrN2S. The second-order valence-corrected chi connectivity index (χ2v) is 2.41. The van der Waals surface area contributed by atoms with E-state index in [-0.39, 0.29) is 0 Å². The fourth-order valence-electron chi connectivity index (χ4n) is 0.300. The van der Waals surface area contributed by atoms with Crippen molar-refractivity contribution in [2.24, 2.45) is 0 Å². The van der Waals surface area contributed by atoms with Gasteiger partial charge >= 0.3 is 0 Å². The van der Waals surface area contributed by atoms with Gasteiger partial charge in [0, 0.05) is 0 Å². The van der Waals surface area contributed by atoms with Crippen LogP contribution in [-0.4, -0.2) is 9.97 Å². The second-order valence-electron chi connectivity index (χ2n) is 1.18. The highest BCUT2D eigenvalue weighted by Crippen LogP contribution is 2.03. The zero-order chi connectivity index (χ0) is 5.98. The summed E-state index contributed by atoms with van der Waals surface area (Å²) in [5, 5.41) is 0.521. The zero-order valence-electron chi connectivity index (χ0n) is 3.84. The average Bonchev–Trinajstić information content (AvgIpc) is 1.77. The van der Waals surface area contributed by atoms with Gasteiger partial charge in [-0.15, -0.1) is 0 Å². The Hall–Kier alpha value is -0.220. The van der Waals surface area contributed by atoms with E-state index in [1.165, 1.54) is 6.20 Å². The summed E-state index contributed by atoms with van der Waals surface area (Å²) in [6, 6.07) is 0. The molecule has 41 valence electrons. The van der Waals surface area contributed by atoms with Crippen LogP contribution in [0.5, 0.6) is 0 Å². The van der Waals surface area contributed by atoms with Crippen molar-refractivity contribution in [3.8, 4) is 0 Å². The first kappa shape index (κ1) is 5.91. The molecular weight excluding hydrogens is 188 g/mol. The molecule has 0 fully saturated rings. The Kier molecular flexibility index (Phi) is 1.75. The van der Waals surface area contributed by atoms with Gasteiger partial charge in [0.15, 0.2) is 0 Å². The first-order chi connectivity index (χ1) is 3.79. The first-order valence-corrected chi connectivity index (χ1v) is 3.14. The maximum absolute atomic E-state index is 4.68. The molecule has 0 saturated heterocycles. The number of aromatic nitrogens is 2. The largest absolute Gasteiger partial charge is 0.245 e. The Morgan fingerprint density at radius 1 is 1.38 bits per heavy atom.